The van der Waals surface area contributed by atoms with Gasteiger partial charge in [0.2, 0.25) is 0 Å². The number of rotatable bonds is 8. The van der Waals surface area contributed by atoms with Crippen molar-refractivity contribution in [1.82, 2.24) is 0 Å². The van der Waals surface area contributed by atoms with Crippen molar-refractivity contribution >= 4 is 17.9 Å². The fourth-order valence-corrected chi connectivity index (χ4v) is 2.35. The van der Waals surface area contributed by atoms with Crippen LogP contribution in [0.1, 0.15) is 22.8 Å². The summed E-state index contributed by atoms with van der Waals surface area (Å²) in [5.41, 5.74) is 1.70. The molecular formula is C18H19ClO4. The lowest BCUT2D eigenvalue weighted by molar-refractivity contribution is 0.112. The van der Waals surface area contributed by atoms with Gasteiger partial charge in [0.1, 0.15) is 25.2 Å². The second kappa shape index (κ2) is 8.44. The first-order chi connectivity index (χ1) is 11.2. The van der Waals surface area contributed by atoms with Gasteiger partial charge in [-0.25, -0.2) is 0 Å². The van der Waals surface area contributed by atoms with Crippen molar-refractivity contribution < 1.29 is 19.0 Å². The normalized spacial score (nSPS) is 10.2. The van der Waals surface area contributed by atoms with Crippen molar-refractivity contribution in [3.05, 3.63) is 52.5 Å². The van der Waals surface area contributed by atoms with Crippen molar-refractivity contribution in [1.29, 1.82) is 0 Å². The Bertz CT molecular complexity index is 653. The van der Waals surface area contributed by atoms with E-state index in [2.05, 4.69) is 6.92 Å². The zero-order valence-corrected chi connectivity index (χ0v) is 13.9. The largest absolute Gasteiger partial charge is 0.493 e. The highest BCUT2D eigenvalue weighted by Crippen LogP contribution is 2.35. The molecule has 0 spiro atoms. The number of ether oxygens (including phenoxy) is 3. The number of halogens is 1. The van der Waals surface area contributed by atoms with Gasteiger partial charge in [-0.05, 0) is 36.2 Å². The lowest BCUT2D eigenvalue weighted by atomic mass is 10.2. The molecule has 0 bridgehead atoms. The molecule has 0 aliphatic heterocycles. The first-order valence-electron chi connectivity index (χ1n) is 7.35. The number of methoxy groups -OCH3 is 1. The minimum absolute atomic E-state index is 0.312. The molecule has 0 saturated carbocycles. The average Bonchev–Trinajstić information content (AvgIpc) is 2.59. The predicted octanol–water partition coefficient (Wildman–Crippen LogP) is 4.18. The highest BCUT2D eigenvalue weighted by Gasteiger charge is 2.11. The van der Waals surface area contributed by atoms with Crippen LogP contribution < -0.4 is 14.2 Å². The molecule has 5 heteroatoms. The molecule has 0 saturated heterocycles. The third kappa shape index (κ3) is 4.63. The SMILES string of the molecule is CCc1ccc(OCCOc2c(Cl)cc(C=O)cc2OC)cc1. The van der Waals surface area contributed by atoms with E-state index in [1.165, 1.54) is 18.7 Å². The molecule has 0 radical (unpaired) electrons. The van der Waals surface area contributed by atoms with Crippen LogP contribution in [0.15, 0.2) is 36.4 Å². The van der Waals surface area contributed by atoms with Crippen molar-refractivity contribution in [3.8, 4) is 17.2 Å². The predicted molar refractivity (Wildman–Crippen MR) is 90.2 cm³/mol. The summed E-state index contributed by atoms with van der Waals surface area (Å²) in [5, 5.41) is 0.332. The van der Waals surface area contributed by atoms with E-state index in [4.69, 9.17) is 25.8 Å². The Morgan fingerprint density at radius 2 is 1.78 bits per heavy atom. The Labute approximate surface area is 140 Å². The monoisotopic (exact) mass is 334 g/mol. The van der Waals surface area contributed by atoms with Crippen LogP contribution in [0.5, 0.6) is 17.2 Å². The molecule has 122 valence electrons. The molecule has 0 N–H and O–H groups in total. The smallest absolute Gasteiger partial charge is 0.179 e. The lowest BCUT2D eigenvalue weighted by Crippen LogP contribution is -2.10. The van der Waals surface area contributed by atoms with Crippen LogP contribution >= 0.6 is 11.6 Å². The molecule has 23 heavy (non-hydrogen) atoms. The first-order valence-corrected chi connectivity index (χ1v) is 7.73. The van der Waals surface area contributed by atoms with E-state index in [-0.39, 0.29) is 0 Å². The molecular weight excluding hydrogens is 316 g/mol. The second-order valence-electron chi connectivity index (χ2n) is 4.85. The van der Waals surface area contributed by atoms with E-state index in [9.17, 15) is 4.79 Å². The van der Waals surface area contributed by atoms with Crippen LogP contribution in [-0.4, -0.2) is 26.6 Å². The molecule has 0 aliphatic rings. The lowest BCUT2D eigenvalue weighted by Gasteiger charge is -2.13. The van der Waals surface area contributed by atoms with Crippen molar-refractivity contribution in [2.75, 3.05) is 20.3 Å². The van der Waals surface area contributed by atoms with Crippen LogP contribution in [0.4, 0.5) is 0 Å². The van der Waals surface area contributed by atoms with Crippen molar-refractivity contribution in [3.63, 3.8) is 0 Å². The van der Waals surface area contributed by atoms with Gasteiger partial charge in [-0.1, -0.05) is 30.7 Å². The second-order valence-corrected chi connectivity index (χ2v) is 5.25. The van der Waals surface area contributed by atoms with Crippen molar-refractivity contribution in [2.24, 2.45) is 0 Å². The summed E-state index contributed by atoms with van der Waals surface area (Å²) in [6, 6.07) is 11.1. The Morgan fingerprint density at radius 3 is 2.39 bits per heavy atom. The Kier molecular flexibility index (Phi) is 6.29. The summed E-state index contributed by atoms with van der Waals surface area (Å²) < 4.78 is 16.4. The number of carbonyl (C=O) groups is 1. The number of carbonyl (C=O) groups excluding carboxylic acids is 1. The third-order valence-corrected chi connectivity index (χ3v) is 3.60. The summed E-state index contributed by atoms with van der Waals surface area (Å²) in [7, 11) is 1.50. The quantitative estimate of drug-likeness (QED) is 0.536. The number of aryl methyl sites for hydroxylation is 1. The molecule has 0 fully saturated rings. The van der Waals surface area contributed by atoms with Gasteiger partial charge in [0.25, 0.3) is 0 Å². The molecule has 0 aliphatic carbocycles. The summed E-state index contributed by atoms with van der Waals surface area (Å²) in [6.45, 7) is 2.79. The van der Waals surface area contributed by atoms with Gasteiger partial charge in [-0.15, -0.1) is 0 Å². The maximum atomic E-state index is 10.8. The molecule has 2 aromatic rings. The van der Waals surface area contributed by atoms with Crippen LogP contribution in [0.3, 0.4) is 0 Å². The minimum Gasteiger partial charge on any atom is -0.493 e. The maximum absolute atomic E-state index is 10.8. The van der Waals surface area contributed by atoms with E-state index in [1.807, 2.05) is 24.3 Å². The van der Waals surface area contributed by atoms with Crippen LogP contribution in [0.2, 0.25) is 5.02 Å². The molecule has 0 heterocycles. The fourth-order valence-electron chi connectivity index (χ4n) is 2.07. The van der Waals surface area contributed by atoms with E-state index in [0.717, 1.165) is 12.2 Å². The molecule has 0 atom stereocenters. The molecule has 2 rings (SSSR count). The molecule has 4 nitrogen and oxygen atoms in total. The Hall–Kier alpha value is -2.20. The average molecular weight is 335 g/mol. The Balaban J connectivity index is 1.91. The molecule has 0 unspecified atom stereocenters. The number of benzene rings is 2. The van der Waals surface area contributed by atoms with Gasteiger partial charge < -0.3 is 14.2 Å². The van der Waals surface area contributed by atoms with Gasteiger partial charge in [0, 0.05) is 5.56 Å². The standard InChI is InChI=1S/C18H19ClO4/c1-3-13-4-6-15(7-5-13)22-8-9-23-18-16(19)10-14(12-20)11-17(18)21-2/h4-7,10-12H,3,8-9H2,1-2H3. The topological polar surface area (TPSA) is 44.8 Å². The maximum Gasteiger partial charge on any atom is 0.179 e. The molecule has 0 aromatic heterocycles. The fraction of sp³-hybridized carbons (Fsp3) is 0.278. The number of hydrogen-bond acceptors (Lipinski definition) is 4. The van der Waals surface area contributed by atoms with Crippen LogP contribution in [-0.2, 0) is 6.42 Å². The highest BCUT2D eigenvalue weighted by molar-refractivity contribution is 6.32. The Morgan fingerprint density at radius 1 is 1.09 bits per heavy atom. The summed E-state index contributed by atoms with van der Waals surface area (Å²) in [5.74, 6) is 1.62. The van der Waals surface area contributed by atoms with Crippen LogP contribution in [0.25, 0.3) is 0 Å². The van der Waals surface area contributed by atoms with Gasteiger partial charge in [-0.3, -0.25) is 4.79 Å². The van der Waals surface area contributed by atoms with E-state index in [0.29, 0.717) is 41.6 Å². The van der Waals surface area contributed by atoms with E-state index < -0.39 is 0 Å². The van der Waals surface area contributed by atoms with Gasteiger partial charge in [0.15, 0.2) is 11.5 Å². The summed E-state index contributed by atoms with van der Waals surface area (Å²) in [6.07, 6.45) is 1.71. The number of aldehydes is 1. The highest BCUT2D eigenvalue weighted by atomic mass is 35.5. The summed E-state index contributed by atoms with van der Waals surface area (Å²) in [4.78, 5) is 10.8. The zero-order chi connectivity index (χ0) is 16.7. The van der Waals surface area contributed by atoms with Gasteiger partial charge >= 0.3 is 0 Å². The molecule has 0 amide bonds. The minimum atomic E-state index is 0.312. The van der Waals surface area contributed by atoms with Gasteiger partial charge in [0.05, 0.1) is 12.1 Å². The molecule has 2 aromatic carbocycles. The van der Waals surface area contributed by atoms with E-state index >= 15 is 0 Å². The van der Waals surface area contributed by atoms with Gasteiger partial charge in [-0.2, -0.15) is 0 Å². The summed E-state index contributed by atoms with van der Waals surface area (Å²) >= 11 is 6.12. The third-order valence-electron chi connectivity index (χ3n) is 3.32. The first kappa shape index (κ1) is 17.2. The van der Waals surface area contributed by atoms with Crippen molar-refractivity contribution in [2.45, 2.75) is 13.3 Å². The van der Waals surface area contributed by atoms with E-state index in [1.54, 1.807) is 6.07 Å². The zero-order valence-electron chi connectivity index (χ0n) is 13.2. The van der Waals surface area contributed by atoms with Crippen LogP contribution in [0, 0.1) is 0 Å². The number of hydrogen-bond donors (Lipinski definition) is 0.